The van der Waals surface area contributed by atoms with Gasteiger partial charge < -0.3 is 9.47 Å². The van der Waals surface area contributed by atoms with E-state index in [9.17, 15) is 0 Å². The predicted octanol–water partition coefficient (Wildman–Crippen LogP) is 1.78. The van der Waals surface area contributed by atoms with Gasteiger partial charge in [0.2, 0.25) is 0 Å². The van der Waals surface area contributed by atoms with E-state index in [4.69, 9.17) is 9.47 Å². The van der Waals surface area contributed by atoms with Crippen LogP contribution in [0.25, 0.3) is 0 Å². The highest BCUT2D eigenvalue weighted by Crippen LogP contribution is 2.28. The van der Waals surface area contributed by atoms with E-state index in [1.165, 1.54) is 0 Å². The Hall–Kier alpha value is 0.400. The summed E-state index contributed by atoms with van der Waals surface area (Å²) in [6, 6.07) is 0. The van der Waals surface area contributed by atoms with Gasteiger partial charge >= 0.3 is 0 Å². The first kappa shape index (κ1) is 8.50. The lowest BCUT2D eigenvalue weighted by atomic mass is 9.96. The molecule has 60 valence electrons. The molecule has 0 spiro atoms. The molecule has 1 heterocycles. The van der Waals surface area contributed by atoms with E-state index in [1.54, 1.807) is 0 Å². The fourth-order valence-corrected chi connectivity index (χ4v) is 1.14. The Morgan fingerprint density at radius 3 is 2.30 bits per heavy atom. The first-order valence-corrected chi connectivity index (χ1v) is 4.58. The van der Waals surface area contributed by atoms with Crippen LogP contribution in [0.5, 0.6) is 0 Å². The highest BCUT2D eigenvalue weighted by Gasteiger charge is 2.32. The van der Waals surface area contributed by atoms with Crippen LogP contribution >= 0.6 is 15.9 Å². The van der Waals surface area contributed by atoms with Crippen molar-refractivity contribution in [1.29, 1.82) is 0 Å². The maximum atomic E-state index is 5.36. The molecule has 0 unspecified atom stereocenters. The van der Waals surface area contributed by atoms with Crippen LogP contribution in [0.15, 0.2) is 0 Å². The third-order valence-corrected chi connectivity index (χ3v) is 3.05. The van der Waals surface area contributed by atoms with Crippen molar-refractivity contribution < 1.29 is 9.47 Å². The van der Waals surface area contributed by atoms with Crippen molar-refractivity contribution >= 4 is 15.9 Å². The molecule has 0 bridgehead atoms. The number of hydrogen-bond donors (Lipinski definition) is 0. The Kier molecular flexibility index (Phi) is 2.72. The molecule has 0 aromatic heterocycles. The average Bonchev–Trinajstić information content (AvgIpc) is 2.38. The van der Waals surface area contributed by atoms with E-state index in [1.807, 2.05) is 0 Å². The summed E-state index contributed by atoms with van der Waals surface area (Å²) in [5.41, 5.74) is 0.0938. The van der Waals surface area contributed by atoms with Gasteiger partial charge in [-0.25, -0.2) is 0 Å². The molecule has 10 heavy (non-hydrogen) atoms. The van der Waals surface area contributed by atoms with Crippen molar-refractivity contribution in [3.8, 4) is 0 Å². The van der Waals surface area contributed by atoms with E-state index in [0.717, 1.165) is 18.5 Å². The van der Waals surface area contributed by atoms with Crippen LogP contribution in [-0.4, -0.2) is 24.8 Å². The number of halogens is 1. The van der Waals surface area contributed by atoms with E-state index >= 15 is 0 Å². The zero-order valence-electron chi connectivity index (χ0n) is 6.39. The van der Waals surface area contributed by atoms with Gasteiger partial charge in [-0.3, -0.25) is 0 Å². The molecule has 0 amide bonds. The number of rotatable bonds is 2. The average molecular weight is 209 g/mol. The molecule has 0 radical (unpaired) electrons. The molecule has 0 saturated carbocycles. The molecule has 3 heteroatoms. The summed E-state index contributed by atoms with van der Waals surface area (Å²) in [7, 11) is 0. The van der Waals surface area contributed by atoms with Crippen LogP contribution in [0.4, 0.5) is 0 Å². The van der Waals surface area contributed by atoms with Crippen LogP contribution < -0.4 is 0 Å². The Morgan fingerprint density at radius 2 is 1.90 bits per heavy atom. The molecule has 1 aliphatic rings. The van der Waals surface area contributed by atoms with E-state index < -0.39 is 0 Å². The highest BCUT2D eigenvalue weighted by atomic mass is 79.9. The minimum absolute atomic E-state index is 0.0214. The van der Waals surface area contributed by atoms with Crippen molar-refractivity contribution in [3.05, 3.63) is 0 Å². The molecule has 0 atom stereocenters. The number of ether oxygens (including phenoxy) is 2. The van der Waals surface area contributed by atoms with Crippen LogP contribution in [-0.2, 0) is 9.47 Å². The molecule has 1 fully saturated rings. The summed E-state index contributed by atoms with van der Waals surface area (Å²) in [5, 5.41) is 0.907. The van der Waals surface area contributed by atoms with Crippen molar-refractivity contribution in [2.24, 2.45) is 5.41 Å². The summed E-state index contributed by atoms with van der Waals surface area (Å²) >= 11 is 3.42. The molecule has 2 nitrogen and oxygen atoms in total. The lowest BCUT2D eigenvalue weighted by Crippen LogP contribution is -2.31. The molecule has 0 aliphatic carbocycles. The molecule has 0 N–H and O–H groups in total. The van der Waals surface area contributed by atoms with Crippen molar-refractivity contribution in [2.75, 3.05) is 18.5 Å². The van der Waals surface area contributed by atoms with E-state index in [2.05, 4.69) is 29.8 Å². The predicted molar refractivity (Wildman–Crippen MR) is 43.3 cm³/mol. The summed E-state index contributed by atoms with van der Waals surface area (Å²) in [4.78, 5) is 0. The summed E-state index contributed by atoms with van der Waals surface area (Å²) in [6.07, 6.45) is -0.0214. The monoisotopic (exact) mass is 208 g/mol. The standard InChI is InChI=1S/C7H13BrO2/c1-7(2,5-8)6-9-3-4-10-6/h6H,3-5H2,1-2H3. The SMILES string of the molecule is CC(C)(CBr)C1OCCO1. The topological polar surface area (TPSA) is 18.5 Å². The molecule has 0 aromatic carbocycles. The zero-order valence-corrected chi connectivity index (χ0v) is 7.98. The minimum atomic E-state index is -0.0214. The van der Waals surface area contributed by atoms with E-state index in [-0.39, 0.29) is 11.7 Å². The Morgan fingerprint density at radius 1 is 1.40 bits per heavy atom. The van der Waals surface area contributed by atoms with Gasteiger partial charge in [-0.1, -0.05) is 29.8 Å². The van der Waals surface area contributed by atoms with Crippen LogP contribution in [0.2, 0.25) is 0 Å². The van der Waals surface area contributed by atoms with Gasteiger partial charge in [0.1, 0.15) is 0 Å². The number of alkyl halides is 1. The molecule has 1 rings (SSSR count). The van der Waals surface area contributed by atoms with Crippen molar-refractivity contribution in [2.45, 2.75) is 20.1 Å². The minimum Gasteiger partial charge on any atom is -0.350 e. The van der Waals surface area contributed by atoms with Gasteiger partial charge in [0.05, 0.1) is 13.2 Å². The van der Waals surface area contributed by atoms with Gasteiger partial charge in [0.25, 0.3) is 0 Å². The first-order chi connectivity index (χ1) is 4.67. The second-order valence-electron chi connectivity index (χ2n) is 3.20. The molecule has 0 aromatic rings. The third-order valence-electron chi connectivity index (χ3n) is 1.60. The fourth-order valence-electron chi connectivity index (χ4n) is 0.873. The van der Waals surface area contributed by atoms with Gasteiger partial charge in [0, 0.05) is 10.7 Å². The Balaban J connectivity index is 2.45. The van der Waals surface area contributed by atoms with Crippen LogP contribution in [0.3, 0.4) is 0 Å². The number of hydrogen-bond acceptors (Lipinski definition) is 2. The second kappa shape index (κ2) is 3.20. The van der Waals surface area contributed by atoms with E-state index in [0.29, 0.717) is 0 Å². The smallest absolute Gasteiger partial charge is 0.163 e. The first-order valence-electron chi connectivity index (χ1n) is 3.46. The zero-order chi connectivity index (χ0) is 7.61. The van der Waals surface area contributed by atoms with Gasteiger partial charge in [-0.05, 0) is 0 Å². The molecular weight excluding hydrogens is 196 g/mol. The fraction of sp³-hybridized carbons (Fsp3) is 1.00. The van der Waals surface area contributed by atoms with Crippen molar-refractivity contribution in [3.63, 3.8) is 0 Å². The van der Waals surface area contributed by atoms with Crippen LogP contribution in [0, 0.1) is 5.41 Å². The molecule has 1 aliphatic heterocycles. The summed E-state index contributed by atoms with van der Waals surface area (Å²) < 4.78 is 10.7. The van der Waals surface area contributed by atoms with Gasteiger partial charge in [0.15, 0.2) is 6.29 Å². The third kappa shape index (κ3) is 1.71. The Labute approximate surface area is 70.0 Å². The molecular formula is C7H13BrO2. The van der Waals surface area contributed by atoms with Crippen molar-refractivity contribution in [1.82, 2.24) is 0 Å². The maximum Gasteiger partial charge on any atom is 0.163 e. The molecule has 1 saturated heterocycles. The van der Waals surface area contributed by atoms with Crippen LogP contribution in [0.1, 0.15) is 13.8 Å². The van der Waals surface area contributed by atoms with Gasteiger partial charge in [-0.2, -0.15) is 0 Å². The summed E-state index contributed by atoms with van der Waals surface area (Å²) in [5.74, 6) is 0. The quantitative estimate of drug-likeness (QED) is 0.645. The highest BCUT2D eigenvalue weighted by molar-refractivity contribution is 9.09. The lowest BCUT2D eigenvalue weighted by Gasteiger charge is -2.27. The van der Waals surface area contributed by atoms with Gasteiger partial charge in [-0.15, -0.1) is 0 Å². The Bertz CT molecular complexity index is 108. The largest absolute Gasteiger partial charge is 0.350 e. The lowest BCUT2D eigenvalue weighted by molar-refractivity contribution is -0.110. The summed E-state index contributed by atoms with van der Waals surface area (Å²) in [6.45, 7) is 5.72. The normalized spacial score (nSPS) is 21.9. The second-order valence-corrected chi connectivity index (χ2v) is 3.76. The maximum absolute atomic E-state index is 5.36.